The normalized spacial score (nSPS) is 23.0. The number of hydrogen-bond donors (Lipinski definition) is 2. The molecule has 1 aliphatic heterocycles. The Hall–Kier alpha value is -1.99. The number of carboxylic acid groups (broad SMARTS) is 1. The highest BCUT2D eigenvalue weighted by molar-refractivity contribution is 5.91. The number of aromatic nitrogens is 2. The number of anilines is 1. The van der Waals surface area contributed by atoms with E-state index in [9.17, 15) is 9.90 Å². The fourth-order valence-corrected chi connectivity index (χ4v) is 1.87. The van der Waals surface area contributed by atoms with E-state index in [2.05, 4.69) is 15.4 Å². The van der Waals surface area contributed by atoms with E-state index in [0.717, 1.165) is 0 Å². The maximum Gasteiger partial charge on any atom is 0.335 e. The number of ether oxygens (including phenoxy) is 1. The van der Waals surface area contributed by atoms with Gasteiger partial charge in [0, 0.05) is 13.3 Å². The quantitative estimate of drug-likeness (QED) is 0.787. The summed E-state index contributed by atoms with van der Waals surface area (Å²) in [5.74, 6) is -0.985. The molecule has 0 amide bonds. The largest absolute Gasteiger partial charge is 0.478 e. The molecule has 0 fully saturated rings. The number of hydrogen-bond acceptors (Lipinski definition) is 6. The van der Waals surface area contributed by atoms with Gasteiger partial charge in [0.05, 0.1) is 35.8 Å². The summed E-state index contributed by atoms with van der Waals surface area (Å²) in [4.78, 5) is 19.0. The monoisotopic (exact) mass is 250 g/mol. The number of nitrogens with zero attached hydrogens (tertiary/aromatic N) is 3. The summed E-state index contributed by atoms with van der Waals surface area (Å²) < 4.78 is 5.07. The summed E-state index contributed by atoms with van der Waals surface area (Å²) in [6, 6.07) is 0. The van der Waals surface area contributed by atoms with Gasteiger partial charge in [-0.15, -0.1) is 0 Å². The Morgan fingerprint density at radius 2 is 2.22 bits per heavy atom. The topological polar surface area (TPSA) is 87.6 Å². The van der Waals surface area contributed by atoms with Gasteiger partial charge in [0.25, 0.3) is 0 Å². The molecule has 2 heterocycles. The van der Waals surface area contributed by atoms with Gasteiger partial charge >= 0.3 is 5.97 Å². The predicted octanol–water partition coefficient (Wildman–Crippen LogP) is 0.175. The van der Waals surface area contributed by atoms with Crippen molar-refractivity contribution in [2.75, 3.05) is 18.7 Å². The molecule has 0 radical (unpaired) electrons. The Labute approximate surface area is 104 Å². The zero-order valence-corrected chi connectivity index (χ0v) is 10.1. The van der Waals surface area contributed by atoms with Crippen LogP contribution in [0.3, 0.4) is 0 Å². The summed E-state index contributed by atoms with van der Waals surface area (Å²) in [7, 11) is 1.53. The molecule has 0 saturated carbocycles. The average Bonchev–Trinajstić information content (AvgIpc) is 2.69. The molecule has 18 heavy (non-hydrogen) atoms. The molecule has 0 bridgehead atoms. The van der Waals surface area contributed by atoms with Gasteiger partial charge in [0.15, 0.2) is 0 Å². The molecule has 2 rings (SSSR count). The van der Waals surface area contributed by atoms with Crippen LogP contribution in [0.5, 0.6) is 0 Å². The van der Waals surface area contributed by atoms with Gasteiger partial charge < -0.3 is 9.84 Å². The van der Waals surface area contributed by atoms with E-state index in [1.807, 2.05) is 0 Å². The molecular formula is C11H14N4O3. The molecule has 1 atom stereocenters. The number of rotatable bonds is 4. The second-order valence-corrected chi connectivity index (χ2v) is 4.19. The molecule has 96 valence electrons. The third-order valence-corrected chi connectivity index (χ3v) is 2.71. The number of carboxylic acids is 1. The van der Waals surface area contributed by atoms with Gasteiger partial charge in [0.2, 0.25) is 0 Å². The molecule has 1 aromatic rings. The van der Waals surface area contributed by atoms with Gasteiger partial charge in [-0.1, -0.05) is 0 Å². The maximum absolute atomic E-state index is 11.2. The summed E-state index contributed by atoms with van der Waals surface area (Å²) in [6.07, 6.45) is 6.11. The molecule has 7 heteroatoms. The van der Waals surface area contributed by atoms with Gasteiger partial charge in [-0.3, -0.25) is 5.01 Å². The SMILES string of the molecule is COCC1(C)NN(c2cncnc2)C=C1C(=O)O. The number of nitrogens with one attached hydrogen (secondary N) is 1. The molecule has 1 aliphatic rings. The van der Waals surface area contributed by atoms with Gasteiger partial charge in [-0.25, -0.2) is 20.2 Å². The van der Waals surface area contributed by atoms with Crippen LogP contribution >= 0.6 is 0 Å². The van der Waals surface area contributed by atoms with Crippen LogP contribution in [0.25, 0.3) is 0 Å². The van der Waals surface area contributed by atoms with Crippen LogP contribution in [0.4, 0.5) is 5.69 Å². The van der Waals surface area contributed by atoms with Crippen molar-refractivity contribution >= 4 is 11.7 Å². The minimum absolute atomic E-state index is 0.230. The van der Waals surface area contributed by atoms with Crippen LogP contribution < -0.4 is 10.4 Å². The van der Waals surface area contributed by atoms with E-state index >= 15 is 0 Å². The molecule has 2 N–H and O–H groups in total. The maximum atomic E-state index is 11.2. The number of hydrazine groups is 1. The lowest BCUT2D eigenvalue weighted by atomic mass is 9.95. The Balaban J connectivity index is 2.31. The third-order valence-electron chi connectivity index (χ3n) is 2.71. The highest BCUT2D eigenvalue weighted by Crippen LogP contribution is 2.27. The van der Waals surface area contributed by atoms with E-state index in [-0.39, 0.29) is 12.2 Å². The Morgan fingerprint density at radius 3 is 2.78 bits per heavy atom. The van der Waals surface area contributed by atoms with Crippen LogP contribution in [0, 0.1) is 0 Å². The van der Waals surface area contributed by atoms with E-state index in [1.54, 1.807) is 24.3 Å². The van der Waals surface area contributed by atoms with E-state index in [4.69, 9.17) is 4.74 Å². The molecule has 7 nitrogen and oxygen atoms in total. The number of aliphatic carboxylic acids is 1. The highest BCUT2D eigenvalue weighted by atomic mass is 16.5. The van der Waals surface area contributed by atoms with E-state index < -0.39 is 11.5 Å². The Kier molecular flexibility index (Phi) is 3.26. The number of carbonyl (C=O) groups is 1. The van der Waals surface area contributed by atoms with Crippen LogP contribution in [0.15, 0.2) is 30.5 Å². The first-order valence-corrected chi connectivity index (χ1v) is 5.33. The second-order valence-electron chi connectivity index (χ2n) is 4.19. The summed E-state index contributed by atoms with van der Waals surface area (Å²) in [5, 5.41) is 10.8. The van der Waals surface area contributed by atoms with E-state index in [0.29, 0.717) is 5.69 Å². The molecular weight excluding hydrogens is 236 g/mol. The summed E-state index contributed by atoms with van der Waals surface area (Å²) in [5.41, 5.74) is 3.18. The Bertz CT molecular complexity index is 476. The fourth-order valence-electron chi connectivity index (χ4n) is 1.87. The zero-order valence-electron chi connectivity index (χ0n) is 10.1. The first kappa shape index (κ1) is 12.5. The van der Waals surface area contributed by atoms with Crippen LogP contribution in [-0.4, -0.2) is 40.3 Å². The molecule has 0 aliphatic carbocycles. The summed E-state index contributed by atoms with van der Waals surface area (Å²) >= 11 is 0. The smallest absolute Gasteiger partial charge is 0.335 e. The van der Waals surface area contributed by atoms with Gasteiger partial charge in [-0.05, 0) is 6.92 Å². The van der Waals surface area contributed by atoms with E-state index in [1.165, 1.54) is 19.6 Å². The van der Waals surface area contributed by atoms with Crippen molar-refractivity contribution in [3.05, 3.63) is 30.5 Å². The molecule has 1 unspecified atom stereocenters. The minimum Gasteiger partial charge on any atom is -0.478 e. The lowest BCUT2D eigenvalue weighted by Crippen LogP contribution is -2.50. The summed E-state index contributed by atoms with van der Waals surface area (Å²) in [6.45, 7) is 2.01. The second kappa shape index (κ2) is 4.71. The Morgan fingerprint density at radius 1 is 1.56 bits per heavy atom. The molecule has 0 saturated heterocycles. The highest BCUT2D eigenvalue weighted by Gasteiger charge is 2.40. The van der Waals surface area contributed by atoms with Crippen molar-refractivity contribution in [3.63, 3.8) is 0 Å². The van der Waals surface area contributed by atoms with Crippen molar-refractivity contribution in [2.24, 2.45) is 0 Å². The zero-order chi connectivity index (χ0) is 13.2. The van der Waals surface area contributed by atoms with Gasteiger partial charge in [0.1, 0.15) is 6.33 Å². The van der Waals surface area contributed by atoms with Crippen molar-refractivity contribution in [1.29, 1.82) is 0 Å². The van der Waals surface area contributed by atoms with Crippen molar-refractivity contribution in [3.8, 4) is 0 Å². The van der Waals surface area contributed by atoms with Crippen LogP contribution in [0.1, 0.15) is 6.92 Å². The molecule has 0 spiro atoms. The molecule has 1 aromatic heterocycles. The first-order valence-electron chi connectivity index (χ1n) is 5.33. The van der Waals surface area contributed by atoms with Crippen molar-refractivity contribution in [2.45, 2.75) is 12.5 Å². The third kappa shape index (κ3) is 2.18. The lowest BCUT2D eigenvalue weighted by Gasteiger charge is -2.28. The fraction of sp³-hybridized carbons (Fsp3) is 0.364. The number of methoxy groups -OCH3 is 1. The first-order chi connectivity index (χ1) is 8.57. The lowest BCUT2D eigenvalue weighted by molar-refractivity contribution is -0.133. The van der Waals surface area contributed by atoms with Crippen LogP contribution in [-0.2, 0) is 9.53 Å². The predicted molar refractivity (Wildman–Crippen MR) is 63.6 cm³/mol. The standard InChI is InChI=1S/C11H14N4O3/c1-11(6-18-2)9(10(16)17)5-15(14-11)8-3-12-7-13-4-8/h3-5,7,14H,6H2,1-2H3,(H,16,17). The van der Waals surface area contributed by atoms with Crippen molar-refractivity contribution < 1.29 is 14.6 Å². The van der Waals surface area contributed by atoms with Crippen molar-refractivity contribution in [1.82, 2.24) is 15.4 Å². The van der Waals surface area contributed by atoms with Crippen LogP contribution in [0.2, 0.25) is 0 Å². The minimum atomic E-state index is -0.985. The molecule has 0 aromatic carbocycles. The van der Waals surface area contributed by atoms with Gasteiger partial charge in [-0.2, -0.15) is 0 Å². The average molecular weight is 250 g/mol.